The summed E-state index contributed by atoms with van der Waals surface area (Å²) in [6, 6.07) is 0. The maximum atomic E-state index is 11.3. The Hall–Kier alpha value is -1.98. The van der Waals surface area contributed by atoms with Gasteiger partial charge in [-0.2, -0.15) is 0 Å². The van der Waals surface area contributed by atoms with Crippen molar-refractivity contribution in [2.24, 2.45) is 35.5 Å². The molecule has 0 N–H and O–H groups in total. The van der Waals surface area contributed by atoms with Gasteiger partial charge in [0.1, 0.15) is 34.7 Å². The summed E-state index contributed by atoms with van der Waals surface area (Å²) in [6.45, 7) is 23.6. The van der Waals surface area contributed by atoms with Gasteiger partial charge < -0.3 is 0 Å². The molecule has 6 heteroatoms. The summed E-state index contributed by atoms with van der Waals surface area (Å²) in [4.78, 5) is 67.6. The van der Waals surface area contributed by atoms with Crippen LogP contribution in [0.3, 0.4) is 0 Å². The van der Waals surface area contributed by atoms with Crippen LogP contribution in [-0.4, -0.2) is 34.7 Å². The molecule has 0 aromatic rings. The maximum Gasteiger partial charge on any atom is 0.135 e. The zero-order chi connectivity index (χ0) is 33.4. The molecule has 46 heavy (non-hydrogen) atoms. The van der Waals surface area contributed by atoms with E-state index < -0.39 is 0 Å². The van der Waals surface area contributed by atoms with Crippen LogP contribution in [0.15, 0.2) is 0 Å². The van der Waals surface area contributed by atoms with Crippen LogP contribution in [0.25, 0.3) is 0 Å². The molecule has 0 aromatic heterocycles. The fraction of sp³-hybridized carbons (Fsp3) is 0.850. The Morgan fingerprint density at radius 2 is 0.500 bits per heavy atom. The minimum Gasteiger partial charge on any atom is -0.300 e. The zero-order valence-corrected chi connectivity index (χ0v) is 29.4. The Bertz CT molecular complexity index is 746. The van der Waals surface area contributed by atoms with Gasteiger partial charge in [0.2, 0.25) is 0 Å². The van der Waals surface area contributed by atoms with Gasteiger partial charge in [0.05, 0.1) is 0 Å². The number of hydrogen-bond donors (Lipinski definition) is 0. The van der Waals surface area contributed by atoms with Crippen LogP contribution in [0.1, 0.15) is 190 Å². The first kappa shape index (κ1) is 59.4. The van der Waals surface area contributed by atoms with E-state index in [0.29, 0.717) is 93.5 Å². The van der Waals surface area contributed by atoms with Crippen molar-refractivity contribution in [2.45, 2.75) is 190 Å². The van der Waals surface area contributed by atoms with Crippen molar-refractivity contribution in [3.63, 3.8) is 0 Å². The Balaban J connectivity index is -0.0000000953. The minimum atomic E-state index is 0. The van der Waals surface area contributed by atoms with E-state index >= 15 is 0 Å². The molecule has 0 atom stereocenters. The molecule has 0 radical (unpaired) electrons. The third-order valence-electron chi connectivity index (χ3n) is 6.48. The molecule has 0 aliphatic rings. The second-order valence-electron chi connectivity index (χ2n) is 13.8. The van der Waals surface area contributed by atoms with Crippen molar-refractivity contribution >= 4 is 34.7 Å². The van der Waals surface area contributed by atoms with Crippen molar-refractivity contribution < 1.29 is 28.8 Å². The van der Waals surface area contributed by atoms with Crippen molar-refractivity contribution in [1.29, 1.82) is 0 Å². The first-order valence-corrected chi connectivity index (χ1v) is 16.4. The summed E-state index contributed by atoms with van der Waals surface area (Å²) in [5.74, 6) is 3.28. The van der Waals surface area contributed by atoms with Crippen LogP contribution in [0.5, 0.6) is 0 Å². The molecule has 278 valence electrons. The summed E-state index contributed by atoms with van der Waals surface area (Å²) in [5.41, 5.74) is 0. The molecule has 0 aliphatic carbocycles. The van der Waals surface area contributed by atoms with Gasteiger partial charge in [-0.15, -0.1) is 0 Å². The molecule has 0 aromatic carbocycles. The molecule has 0 amide bonds. The van der Waals surface area contributed by atoms with Crippen LogP contribution in [0, 0.1) is 35.5 Å². The largest absolute Gasteiger partial charge is 0.300 e. The minimum absolute atomic E-state index is 0. The zero-order valence-electron chi connectivity index (χ0n) is 29.4. The number of Topliss-reactive ketones (excluding diaryl/α,β-unsaturated/α-hetero) is 6. The molecular weight excluding hydrogens is 576 g/mol. The maximum absolute atomic E-state index is 11.3. The molecule has 0 saturated heterocycles. The lowest BCUT2D eigenvalue weighted by molar-refractivity contribution is -0.124. The summed E-state index contributed by atoms with van der Waals surface area (Å²) in [7, 11) is 0. The standard InChI is InChI=1S/C13H24O2.C12H22O2.C11H20O2.4CH4/c1-10(2)8-12(14)6-5-7-13(15)9-11(3)4;1-9(2)8-11(13)6-5-7-12(14)10(3)4;1-8(2)10(12)6-5-7-11(13)9(3)4;;;;/h10-11H,5-9H2,1-4H3;9-10H,5-8H2,1-4H3;8-9H,5-7H2,1-4H3;4*1H4. The van der Waals surface area contributed by atoms with Gasteiger partial charge in [0.25, 0.3) is 0 Å². The predicted octanol–water partition coefficient (Wildman–Crippen LogP) is 11.5. The molecule has 0 saturated carbocycles. The monoisotopic (exact) mass is 659 g/mol. The molecule has 0 aliphatic heterocycles. The fourth-order valence-electron chi connectivity index (χ4n) is 3.92. The van der Waals surface area contributed by atoms with Crippen LogP contribution in [-0.2, 0) is 28.8 Å². The quantitative estimate of drug-likeness (QED) is 0.122. The summed E-state index contributed by atoms with van der Waals surface area (Å²) < 4.78 is 0. The molecular formula is C40H82O6. The topological polar surface area (TPSA) is 102 Å². The second kappa shape index (κ2) is 35.9. The SMILES string of the molecule is C.C.C.C.CC(C)C(=O)CCCC(=O)C(C)C.CC(C)CC(=O)CCCC(=O)C(C)C.CC(C)CC(=O)CCCC(=O)CC(C)C. The summed E-state index contributed by atoms with van der Waals surface area (Å²) in [5, 5.41) is 0. The van der Waals surface area contributed by atoms with Gasteiger partial charge in [-0.05, 0) is 37.0 Å². The Morgan fingerprint density at radius 3 is 0.674 bits per heavy atom. The summed E-state index contributed by atoms with van der Waals surface area (Å²) >= 11 is 0. The van der Waals surface area contributed by atoms with Gasteiger partial charge in [0, 0.05) is 75.5 Å². The number of rotatable bonds is 21. The average Bonchev–Trinajstić information content (AvgIpc) is 2.82. The molecule has 0 rings (SSSR count). The predicted molar refractivity (Wildman–Crippen MR) is 201 cm³/mol. The Kier molecular flexibility index (Phi) is 46.3. The normalized spacial score (nSPS) is 10.0. The Labute approximate surface area is 288 Å². The smallest absolute Gasteiger partial charge is 0.135 e. The first-order chi connectivity index (χ1) is 19.3. The van der Waals surface area contributed by atoms with Gasteiger partial charge in [-0.3, -0.25) is 28.8 Å². The van der Waals surface area contributed by atoms with Crippen LogP contribution in [0.4, 0.5) is 0 Å². The van der Waals surface area contributed by atoms with E-state index in [9.17, 15) is 28.8 Å². The highest BCUT2D eigenvalue weighted by Crippen LogP contribution is 2.11. The van der Waals surface area contributed by atoms with Crippen LogP contribution in [0.2, 0.25) is 0 Å². The fourth-order valence-corrected chi connectivity index (χ4v) is 3.92. The van der Waals surface area contributed by atoms with E-state index in [1.807, 2.05) is 83.1 Å². The highest BCUT2D eigenvalue weighted by atomic mass is 16.1. The van der Waals surface area contributed by atoms with Crippen molar-refractivity contribution in [3.05, 3.63) is 0 Å². The van der Waals surface area contributed by atoms with E-state index in [2.05, 4.69) is 0 Å². The highest BCUT2D eigenvalue weighted by molar-refractivity contribution is 5.83. The number of carbonyl (C=O) groups excluding carboxylic acids is 6. The number of carbonyl (C=O) groups is 6. The third-order valence-corrected chi connectivity index (χ3v) is 6.48. The second-order valence-corrected chi connectivity index (χ2v) is 13.8. The molecule has 0 unspecified atom stereocenters. The molecule has 0 bridgehead atoms. The van der Waals surface area contributed by atoms with Gasteiger partial charge >= 0.3 is 0 Å². The van der Waals surface area contributed by atoms with Crippen molar-refractivity contribution in [2.75, 3.05) is 0 Å². The highest BCUT2D eigenvalue weighted by Gasteiger charge is 2.11. The van der Waals surface area contributed by atoms with Gasteiger partial charge in [-0.25, -0.2) is 0 Å². The van der Waals surface area contributed by atoms with E-state index in [1.165, 1.54) is 0 Å². The van der Waals surface area contributed by atoms with E-state index in [0.717, 1.165) is 12.8 Å². The molecule has 0 heterocycles. The van der Waals surface area contributed by atoms with E-state index in [1.54, 1.807) is 0 Å². The van der Waals surface area contributed by atoms with E-state index in [4.69, 9.17) is 0 Å². The lowest BCUT2D eigenvalue weighted by atomic mass is 9.99. The first-order valence-electron chi connectivity index (χ1n) is 16.4. The number of hydrogen-bond acceptors (Lipinski definition) is 6. The van der Waals surface area contributed by atoms with Crippen LogP contribution >= 0.6 is 0 Å². The van der Waals surface area contributed by atoms with Gasteiger partial charge in [-0.1, -0.05) is 113 Å². The van der Waals surface area contributed by atoms with Crippen molar-refractivity contribution in [1.82, 2.24) is 0 Å². The van der Waals surface area contributed by atoms with Gasteiger partial charge in [0.15, 0.2) is 0 Å². The van der Waals surface area contributed by atoms with Crippen LogP contribution < -0.4 is 0 Å². The third kappa shape index (κ3) is 44.1. The molecule has 0 spiro atoms. The average molecular weight is 659 g/mol. The number of ketones is 6. The lowest BCUT2D eigenvalue weighted by Crippen LogP contribution is -2.10. The molecule has 0 fully saturated rings. The Morgan fingerprint density at radius 1 is 0.326 bits per heavy atom. The van der Waals surface area contributed by atoms with E-state index in [-0.39, 0.29) is 70.6 Å². The van der Waals surface area contributed by atoms with Crippen molar-refractivity contribution in [3.8, 4) is 0 Å². The lowest BCUT2D eigenvalue weighted by Gasteiger charge is -2.05. The summed E-state index contributed by atoms with van der Waals surface area (Å²) in [6.07, 6.45) is 7.49. The molecule has 6 nitrogen and oxygen atoms in total.